The number of nitrogens with zero attached hydrogens (tertiary/aromatic N) is 2. The highest BCUT2D eigenvalue weighted by Crippen LogP contribution is 2.03. The fourth-order valence-electron chi connectivity index (χ4n) is 1.48. The monoisotopic (exact) mass is 220 g/mol. The molecule has 0 saturated carbocycles. The molecule has 82 valence electrons. The van der Waals surface area contributed by atoms with Crippen LogP contribution in [0.25, 0.3) is 0 Å². The molecule has 0 unspecified atom stereocenters. The van der Waals surface area contributed by atoms with Crippen molar-refractivity contribution in [1.82, 2.24) is 0 Å². The third-order valence-corrected chi connectivity index (χ3v) is 2.40. The molecule has 2 aromatic carbocycles. The molecule has 2 rings (SSSR count). The molecule has 0 aliphatic heterocycles. The summed E-state index contributed by atoms with van der Waals surface area (Å²) in [7, 11) is 0. The molecule has 17 heavy (non-hydrogen) atoms. The van der Waals surface area contributed by atoms with Crippen molar-refractivity contribution in [3.05, 3.63) is 71.3 Å². The van der Waals surface area contributed by atoms with Crippen molar-refractivity contribution >= 4 is 6.21 Å². The molecular weight excluding hydrogens is 208 g/mol. The molecule has 0 radical (unpaired) electrons. The average molecular weight is 220 g/mol. The molecule has 0 saturated heterocycles. The van der Waals surface area contributed by atoms with Crippen LogP contribution < -0.4 is 0 Å². The van der Waals surface area contributed by atoms with Crippen molar-refractivity contribution in [2.45, 2.75) is 6.54 Å². The zero-order valence-electron chi connectivity index (χ0n) is 9.38. The molecule has 0 atom stereocenters. The highest BCUT2D eigenvalue weighted by Gasteiger charge is 1.90. The van der Waals surface area contributed by atoms with Gasteiger partial charge in [0.1, 0.15) is 0 Å². The van der Waals surface area contributed by atoms with Crippen LogP contribution in [0.5, 0.6) is 0 Å². The maximum atomic E-state index is 8.67. The van der Waals surface area contributed by atoms with Crippen LogP contribution in [-0.4, -0.2) is 6.21 Å². The summed E-state index contributed by atoms with van der Waals surface area (Å²) in [6.45, 7) is 0.681. The van der Waals surface area contributed by atoms with Crippen LogP contribution in [0.1, 0.15) is 16.7 Å². The Balaban J connectivity index is 1.99. The Kier molecular flexibility index (Phi) is 3.67. The number of rotatable bonds is 3. The van der Waals surface area contributed by atoms with E-state index in [0.29, 0.717) is 12.1 Å². The lowest BCUT2D eigenvalue weighted by molar-refractivity contribution is 1.08. The van der Waals surface area contributed by atoms with Gasteiger partial charge in [-0.3, -0.25) is 4.99 Å². The first-order chi connectivity index (χ1) is 8.38. The minimum absolute atomic E-state index is 0.671. The van der Waals surface area contributed by atoms with Gasteiger partial charge in [0.25, 0.3) is 0 Å². The lowest BCUT2D eigenvalue weighted by Gasteiger charge is -1.95. The van der Waals surface area contributed by atoms with Gasteiger partial charge in [0.05, 0.1) is 18.2 Å². The molecule has 0 spiro atoms. The normalized spacial score (nSPS) is 10.3. The summed E-state index contributed by atoms with van der Waals surface area (Å²) in [5, 5.41) is 8.67. The zero-order chi connectivity index (χ0) is 11.9. The summed E-state index contributed by atoms with van der Waals surface area (Å²) in [5.74, 6) is 0. The second-order valence-electron chi connectivity index (χ2n) is 3.69. The molecular formula is C15H12N2. The van der Waals surface area contributed by atoms with E-state index in [4.69, 9.17) is 5.26 Å². The number of hydrogen-bond acceptors (Lipinski definition) is 2. The summed E-state index contributed by atoms with van der Waals surface area (Å²) in [4.78, 5) is 4.36. The summed E-state index contributed by atoms with van der Waals surface area (Å²) in [5.41, 5.74) is 2.88. The van der Waals surface area contributed by atoms with Gasteiger partial charge in [0.15, 0.2) is 0 Å². The lowest BCUT2D eigenvalue weighted by Crippen LogP contribution is -1.84. The molecule has 0 aliphatic carbocycles. The van der Waals surface area contributed by atoms with Crippen molar-refractivity contribution < 1.29 is 0 Å². The van der Waals surface area contributed by atoms with Crippen LogP contribution in [-0.2, 0) is 6.54 Å². The van der Waals surface area contributed by atoms with Crippen LogP contribution in [0.15, 0.2) is 59.6 Å². The highest BCUT2D eigenvalue weighted by atomic mass is 14.7. The summed E-state index contributed by atoms with van der Waals surface area (Å²) >= 11 is 0. The second-order valence-corrected chi connectivity index (χ2v) is 3.69. The van der Waals surface area contributed by atoms with Gasteiger partial charge in [-0.2, -0.15) is 5.26 Å². The Hall–Kier alpha value is -2.40. The van der Waals surface area contributed by atoms with E-state index in [9.17, 15) is 0 Å². The van der Waals surface area contributed by atoms with Crippen molar-refractivity contribution in [2.24, 2.45) is 4.99 Å². The minimum Gasteiger partial charge on any atom is -0.288 e. The quantitative estimate of drug-likeness (QED) is 0.732. The third kappa shape index (κ3) is 3.29. The van der Waals surface area contributed by atoms with E-state index in [1.165, 1.54) is 5.56 Å². The molecule has 0 bridgehead atoms. The summed E-state index contributed by atoms with van der Waals surface area (Å²) < 4.78 is 0. The van der Waals surface area contributed by atoms with Crippen molar-refractivity contribution in [3.8, 4) is 6.07 Å². The van der Waals surface area contributed by atoms with Gasteiger partial charge in [-0.15, -0.1) is 0 Å². The molecule has 2 aromatic rings. The van der Waals surface area contributed by atoms with E-state index in [-0.39, 0.29) is 0 Å². The van der Waals surface area contributed by atoms with E-state index < -0.39 is 0 Å². The SMILES string of the molecule is N#Cc1ccc(C=NCc2ccccc2)cc1. The van der Waals surface area contributed by atoms with Crippen LogP contribution in [0, 0.1) is 11.3 Å². The largest absolute Gasteiger partial charge is 0.288 e. The Morgan fingerprint density at radius 3 is 2.35 bits per heavy atom. The van der Waals surface area contributed by atoms with E-state index in [0.717, 1.165) is 5.56 Å². The van der Waals surface area contributed by atoms with Crippen LogP contribution in [0.4, 0.5) is 0 Å². The topological polar surface area (TPSA) is 36.1 Å². The fraction of sp³-hybridized carbons (Fsp3) is 0.0667. The molecule has 0 aromatic heterocycles. The molecule has 0 amide bonds. The average Bonchev–Trinajstić information content (AvgIpc) is 2.41. The Morgan fingerprint density at radius 2 is 1.71 bits per heavy atom. The van der Waals surface area contributed by atoms with Gasteiger partial charge in [-0.05, 0) is 23.3 Å². The van der Waals surface area contributed by atoms with Crippen molar-refractivity contribution in [3.63, 3.8) is 0 Å². The molecule has 0 N–H and O–H groups in total. The van der Waals surface area contributed by atoms with Gasteiger partial charge >= 0.3 is 0 Å². The van der Waals surface area contributed by atoms with Gasteiger partial charge in [0.2, 0.25) is 0 Å². The molecule has 2 nitrogen and oxygen atoms in total. The van der Waals surface area contributed by atoms with Gasteiger partial charge < -0.3 is 0 Å². The second kappa shape index (κ2) is 5.62. The van der Waals surface area contributed by atoms with Crippen molar-refractivity contribution in [2.75, 3.05) is 0 Å². The standard InChI is InChI=1S/C15H12N2/c16-10-13-6-8-15(9-7-13)12-17-11-14-4-2-1-3-5-14/h1-9,12H,11H2. The minimum atomic E-state index is 0.671. The zero-order valence-corrected chi connectivity index (χ0v) is 9.38. The third-order valence-electron chi connectivity index (χ3n) is 2.40. The number of benzene rings is 2. The van der Waals surface area contributed by atoms with E-state index in [1.54, 1.807) is 12.1 Å². The predicted molar refractivity (Wildman–Crippen MR) is 68.9 cm³/mol. The smallest absolute Gasteiger partial charge is 0.0991 e. The Morgan fingerprint density at radius 1 is 1.00 bits per heavy atom. The van der Waals surface area contributed by atoms with Gasteiger partial charge in [0, 0.05) is 6.21 Å². The van der Waals surface area contributed by atoms with Gasteiger partial charge in [-0.25, -0.2) is 0 Å². The van der Waals surface area contributed by atoms with E-state index in [1.807, 2.05) is 36.5 Å². The van der Waals surface area contributed by atoms with Crippen molar-refractivity contribution in [1.29, 1.82) is 5.26 Å². The number of nitriles is 1. The lowest BCUT2D eigenvalue weighted by atomic mass is 10.2. The maximum Gasteiger partial charge on any atom is 0.0991 e. The number of aliphatic imine (C=N–C) groups is 1. The summed E-state index contributed by atoms with van der Waals surface area (Å²) in [6.07, 6.45) is 1.83. The first-order valence-corrected chi connectivity index (χ1v) is 5.42. The molecule has 0 heterocycles. The first kappa shape index (κ1) is 11.1. The van der Waals surface area contributed by atoms with Crippen LogP contribution in [0.3, 0.4) is 0 Å². The molecule has 2 heteroatoms. The predicted octanol–water partition coefficient (Wildman–Crippen LogP) is 3.18. The summed E-state index contributed by atoms with van der Waals surface area (Å²) in [6, 6.07) is 19.6. The molecule has 0 aliphatic rings. The first-order valence-electron chi connectivity index (χ1n) is 5.42. The van der Waals surface area contributed by atoms with Crippen LogP contribution in [0.2, 0.25) is 0 Å². The molecule has 0 fully saturated rings. The fourth-order valence-corrected chi connectivity index (χ4v) is 1.48. The van der Waals surface area contributed by atoms with E-state index in [2.05, 4.69) is 23.2 Å². The Bertz CT molecular complexity index is 533. The number of hydrogen-bond donors (Lipinski definition) is 0. The van der Waals surface area contributed by atoms with Crippen LogP contribution >= 0.6 is 0 Å². The Labute approximate surface area is 101 Å². The van der Waals surface area contributed by atoms with Gasteiger partial charge in [-0.1, -0.05) is 42.5 Å². The maximum absolute atomic E-state index is 8.67. The highest BCUT2D eigenvalue weighted by molar-refractivity contribution is 5.79. The van der Waals surface area contributed by atoms with E-state index >= 15 is 0 Å².